The first-order chi connectivity index (χ1) is 18.7. The largest absolute Gasteiger partial charge is 2.00 e. The topological polar surface area (TPSA) is 131 Å². The molecule has 11 heteroatoms. The van der Waals surface area contributed by atoms with Crippen molar-refractivity contribution >= 4 is 30.3 Å². The van der Waals surface area contributed by atoms with E-state index in [1.807, 2.05) is 36.7 Å². The molecule has 0 radical (unpaired) electrons. The molecular formula is C29H24N5O3PRuS. The average Bonchev–Trinajstić information content (AvgIpc) is 2.94. The van der Waals surface area contributed by atoms with E-state index in [0.717, 1.165) is 11.4 Å². The van der Waals surface area contributed by atoms with Crippen molar-refractivity contribution in [3.05, 3.63) is 120 Å². The van der Waals surface area contributed by atoms with E-state index in [0.29, 0.717) is 22.5 Å². The summed E-state index contributed by atoms with van der Waals surface area (Å²) in [4.78, 5) is 36.0. The van der Waals surface area contributed by atoms with E-state index in [1.165, 1.54) is 28.4 Å². The summed E-state index contributed by atoms with van der Waals surface area (Å²) in [6, 6.07) is 24.7. The Kier molecular flexibility index (Phi) is 12.9. The summed E-state index contributed by atoms with van der Waals surface area (Å²) < 4.78 is 11.6. The zero-order chi connectivity index (χ0) is 28.3. The molecule has 0 saturated carbocycles. The fourth-order valence-corrected chi connectivity index (χ4v) is 3.99. The van der Waals surface area contributed by atoms with Gasteiger partial charge in [-0.1, -0.05) is 47.6 Å². The molecule has 2 N–H and O–H groups in total. The number of pyridine rings is 4. The third-order valence-corrected chi connectivity index (χ3v) is 6.10. The summed E-state index contributed by atoms with van der Waals surface area (Å²) in [6.45, 7) is 4.11. The van der Waals surface area contributed by atoms with Crippen molar-refractivity contribution in [1.82, 2.24) is 19.9 Å². The number of aryl methyl sites for hydroxylation is 2. The van der Waals surface area contributed by atoms with Gasteiger partial charge in [0.05, 0.1) is 11.4 Å². The molecule has 0 aliphatic rings. The maximum atomic E-state index is 11.6. The summed E-state index contributed by atoms with van der Waals surface area (Å²) in [5.41, 5.74) is 6.51. The molecule has 40 heavy (non-hydrogen) atoms. The van der Waals surface area contributed by atoms with Crippen molar-refractivity contribution in [2.45, 2.75) is 13.8 Å². The van der Waals surface area contributed by atoms with Crippen molar-refractivity contribution in [1.29, 1.82) is 0 Å². The molecule has 5 aromatic rings. The molecule has 0 aliphatic carbocycles. The molecule has 5 rings (SSSR count). The van der Waals surface area contributed by atoms with Gasteiger partial charge in [0.15, 0.2) is 0 Å². The van der Waals surface area contributed by atoms with Crippen LogP contribution < -0.4 is 5.30 Å². The fourth-order valence-electron chi connectivity index (χ4n) is 3.40. The molecule has 0 fully saturated rings. The van der Waals surface area contributed by atoms with Gasteiger partial charge >= 0.3 is 27.1 Å². The van der Waals surface area contributed by atoms with Crippen LogP contribution in [0.4, 0.5) is 0 Å². The predicted octanol–water partition coefficient (Wildman–Crippen LogP) is 5.83. The Morgan fingerprint density at radius 2 is 1.12 bits per heavy atom. The third-order valence-electron chi connectivity index (χ3n) is 5.17. The minimum atomic E-state index is -4.39. The van der Waals surface area contributed by atoms with Gasteiger partial charge < -0.3 is 15.2 Å². The van der Waals surface area contributed by atoms with Gasteiger partial charge in [-0.15, -0.1) is 18.2 Å². The van der Waals surface area contributed by atoms with Gasteiger partial charge in [-0.2, -0.15) is 5.16 Å². The predicted molar refractivity (Wildman–Crippen MR) is 156 cm³/mol. The van der Waals surface area contributed by atoms with Gasteiger partial charge in [0, 0.05) is 36.2 Å². The molecule has 0 aliphatic heterocycles. The summed E-state index contributed by atoms with van der Waals surface area (Å²) in [6.07, 6.45) is 6.87. The van der Waals surface area contributed by atoms with Gasteiger partial charge in [0.2, 0.25) is 0 Å². The minimum Gasteiger partial charge on any atom is -0.753 e. The van der Waals surface area contributed by atoms with Gasteiger partial charge in [-0.05, 0) is 66.7 Å². The van der Waals surface area contributed by atoms with E-state index < -0.39 is 7.60 Å². The van der Waals surface area contributed by atoms with E-state index in [2.05, 4.69) is 52.1 Å². The number of benzene rings is 1. The van der Waals surface area contributed by atoms with Crippen molar-refractivity contribution in [2.75, 3.05) is 0 Å². The van der Waals surface area contributed by atoms with Crippen molar-refractivity contribution < 1.29 is 33.8 Å². The Bertz CT molecular complexity index is 1510. The molecule has 0 amide bonds. The normalized spacial score (nSPS) is 10.0. The number of isothiocyanates is 1. The Morgan fingerprint density at radius 3 is 1.45 bits per heavy atom. The summed E-state index contributed by atoms with van der Waals surface area (Å²) >= 11 is 3.70. The van der Waals surface area contributed by atoms with Gasteiger partial charge in [-0.3, -0.25) is 24.5 Å². The van der Waals surface area contributed by atoms with Crippen molar-refractivity contribution in [3.8, 4) is 33.9 Å². The Hall–Kier alpha value is -3.61. The van der Waals surface area contributed by atoms with Crippen LogP contribution in [0.15, 0.2) is 97.6 Å². The number of hydrogen-bond donors (Lipinski definition) is 2. The first-order valence-corrected chi connectivity index (χ1v) is 13.6. The zero-order valence-electron chi connectivity index (χ0n) is 21.5. The van der Waals surface area contributed by atoms with Gasteiger partial charge in [-0.25, -0.2) is 0 Å². The van der Waals surface area contributed by atoms with Crippen LogP contribution in [-0.4, -0.2) is 34.9 Å². The van der Waals surface area contributed by atoms with Gasteiger partial charge in [0.1, 0.15) is 0 Å². The summed E-state index contributed by atoms with van der Waals surface area (Å²) in [5.74, 6) is 0. The van der Waals surface area contributed by atoms with Crippen LogP contribution in [0.1, 0.15) is 11.1 Å². The second-order valence-electron chi connectivity index (χ2n) is 8.17. The molecule has 4 aromatic heterocycles. The number of rotatable bonds is 4. The molecule has 202 valence electrons. The van der Waals surface area contributed by atoms with E-state index in [9.17, 15) is 14.4 Å². The molecular weight excluding hydrogens is 630 g/mol. The molecule has 0 spiro atoms. The van der Waals surface area contributed by atoms with Crippen LogP contribution in [0.5, 0.6) is 0 Å². The fraction of sp³-hybridized carbons (Fsp3) is 0.0690. The van der Waals surface area contributed by atoms with Crippen LogP contribution in [-0.2, 0) is 24.0 Å². The molecule has 1 aromatic carbocycles. The SMILES string of the molecule is Cc1ccnc(-c2cc(C)ccn2)c1.O=P(O)(O)c1cc(-c2ccccn2)[c-]c(-c2ccccn2)c1.[N-]=C=S.[Ru+2]. The standard InChI is InChI=1S/C16H12N2O3P.C12H12N2.CNS.Ru/c19-22(20,21)14-10-12(15-5-1-3-7-17-15)9-13(11-14)16-6-2-4-8-18-16;1-9-3-5-13-11(7-9)12-8-10(2)4-6-14-12;2-1-3;/h1-8,10-11H,(H2,19,20,21);3-8H,1-2H3;;/q-1;;-1;+2. The van der Waals surface area contributed by atoms with E-state index in [-0.39, 0.29) is 24.8 Å². The second-order valence-corrected chi connectivity index (χ2v) is 9.96. The quantitative estimate of drug-likeness (QED) is 0.0814. The summed E-state index contributed by atoms with van der Waals surface area (Å²) in [7, 11) is -4.39. The smallest absolute Gasteiger partial charge is 0.753 e. The molecule has 0 bridgehead atoms. The molecule has 4 heterocycles. The number of nitrogens with zero attached hydrogens (tertiary/aromatic N) is 5. The maximum Gasteiger partial charge on any atom is 2.00 e. The van der Waals surface area contributed by atoms with Crippen LogP contribution >= 0.6 is 19.8 Å². The average molecular weight is 655 g/mol. The first-order valence-electron chi connectivity index (χ1n) is 11.5. The third kappa shape index (κ3) is 9.85. The monoisotopic (exact) mass is 655 g/mol. The number of hydrogen-bond acceptors (Lipinski definition) is 6. The van der Waals surface area contributed by atoms with Crippen LogP contribution in [0.2, 0.25) is 0 Å². The van der Waals surface area contributed by atoms with Crippen LogP contribution in [0, 0.1) is 19.9 Å². The summed E-state index contributed by atoms with van der Waals surface area (Å²) in [5, 5.41) is 8.39. The Morgan fingerprint density at radius 1 is 0.725 bits per heavy atom. The van der Waals surface area contributed by atoms with Crippen molar-refractivity contribution in [2.24, 2.45) is 0 Å². The van der Waals surface area contributed by atoms with Crippen LogP contribution in [0.25, 0.3) is 39.3 Å². The molecule has 8 nitrogen and oxygen atoms in total. The zero-order valence-corrected chi connectivity index (χ0v) is 24.9. The maximum absolute atomic E-state index is 11.6. The second kappa shape index (κ2) is 15.9. The van der Waals surface area contributed by atoms with Crippen molar-refractivity contribution in [3.63, 3.8) is 0 Å². The van der Waals surface area contributed by atoms with E-state index in [4.69, 9.17) is 5.41 Å². The molecule has 0 atom stereocenters. The first kappa shape index (κ1) is 32.6. The van der Waals surface area contributed by atoms with Gasteiger partial charge in [0.25, 0.3) is 0 Å². The minimum absolute atomic E-state index is 0. The number of aromatic nitrogens is 4. The Labute approximate surface area is 251 Å². The number of thiocarbonyl (C=S) groups is 1. The van der Waals surface area contributed by atoms with E-state index in [1.54, 1.807) is 48.8 Å². The van der Waals surface area contributed by atoms with Crippen LogP contribution in [0.3, 0.4) is 0 Å². The molecule has 0 unspecified atom stereocenters. The Balaban J connectivity index is 0.000000268. The molecule has 0 saturated heterocycles. The van der Waals surface area contributed by atoms with E-state index >= 15 is 0 Å².